The monoisotopic (exact) mass is 679 g/mol. The van der Waals surface area contributed by atoms with Gasteiger partial charge in [0.1, 0.15) is 5.75 Å². The number of rotatable bonds is 9. The predicted molar refractivity (Wildman–Crippen MR) is 172 cm³/mol. The Bertz CT molecular complexity index is 1810. The van der Waals surface area contributed by atoms with Crippen LogP contribution in [-0.2, 0) is 14.8 Å². The number of hydrogen-bond acceptors (Lipinski definition) is 10. The summed E-state index contributed by atoms with van der Waals surface area (Å²) in [4.78, 5) is 18.0. The number of carboxylic acids is 1. The molecule has 0 aliphatic carbocycles. The molecule has 4 aromatic rings. The van der Waals surface area contributed by atoms with Crippen LogP contribution in [0.25, 0.3) is 16.8 Å². The van der Waals surface area contributed by atoms with Gasteiger partial charge in [-0.25, -0.2) is 22.7 Å². The normalized spacial score (nSPS) is 14.7. The number of anilines is 4. The number of carbonyl (C=O) groups is 1. The van der Waals surface area contributed by atoms with Gasteiger partial charge in [0.2, 0.25) is 16.0 Å². The number of alkyl halides is 3. The Kier molecular flexibility index (Phi) is 10.8. The molecule has 0 unspecified atom stereocenters. The van der Waals surface area contributed by atoms with Crippen molar-refractivity contribution in [3.63, 3.8) is 0 Å². The van der Waals surface area contributed by atoms with E-state index in [9.17, 15) is 26.7 Å². The van der Waals surface area contributed by atoms with Crippen LogP contribution >= 0.6 is 0 Å². The zero-order valence-corrected chi connectivity index (χ0v) is 27.0. The van der Waals surface area contributed by atoms with E-state index in [0.717, 1.165) is 54.3 Å². The Labute approximate surface area is 269 Å². The van der Waals surface area contributed by atoms with Crippen LogP contribution in [0.2, 0.25) is 0 Å². The number of piperazine rings is 1. The summed E-state index contributed by atoms with van der Waals surface area (Å²) in [5.41, 5.74) is 4.59. The van der Waals surface area contributed by atoms with Gasteiger partial charge in [-0.05, 0) is 37.3 Å². The fourth-order valence-electron chi connectivity index (χ4n) is 4.97. The molecule has 254 valence electrons. The number of nitrogens with one attached hydrogen (secondary N) is 1. The number of aliphatic carboxylic acids is 1. The Morgan fingerprint density at radius 2 is 1.77 bits per heavy atom. The molecular weight excluding hydrogens is 643 g/mol. The van der Waals surface area contributed by atoms with E-state index >= 15 is 0 Å². The van der Waals surface area contributed by atoms with Gasteiger partial charge in [0.05, 0.1) is 48.3 Å². The number of ether oxygens (including phenoxy) is 1. The summed E-state index contributed by atoms with van der Waals surface area (Å²) in [5, 5.41) is 24.8. The third-order valence-electron chi connectivity index (χ3n) is 7.35. The van der Waals surface area contributed by atoms with Crippen LogP contribution in [0.5, 0.6) is 5.75 Å². The van der Waals surface area contributed by atoms with Crippen LogP contribution < -0.4 is 19.3 Å². The van der Waals surface area contributed by atoms with E-state index in [1.165, 1.54) is 17.6 Å². The maximum Gasteiger partial charge on any atom is 0.490 e. The van der Waals surface area contributed by atoms with Gasteiger partial charge in [0.25, 0.3) is 0 Å². The number of halogens is 3. The minimum atomic E-state index is -5.08. The van der Waals surface area contributed by atoms with Gasteiger partial charge >= 0.3 is 12.1 Å². The summed E-state index contributed by atoms with van der Waals surface area (Å²) >= 11 is 0. The standard InChI is InChI=1S/C28H35N7O4S.C2HF3O2/c1-20(36)19-33-13-15-34(16-14-33)21-9-11-24(27(17-21)39-3)30-28-29-18-22-10-12-26(35(22)31-28)23-7-5-6-8-25(23)32(2)40(4,37)38;3-2(4,5)1(6)7/h5-12,17-18,20,36H,13-16,19H2,1-4H3,(H,30,31);(H,6,7)/t20-;/m1./s1. The summed E-state index contributed by atoms with van der Waals surface area (Å²) in [6.07, 6.45) is -2.51. The van der Waals surface area contributed by atoms with Gasteiger partial charge in [-0.3, -0.25) is 9.21 Å². The van der Waals surface area contributed by atoms with Crippen molar-refractivity contribution in [1.82, 2.24) is 19.5 Å². The van der Waals surface area contributed by atoms with Crippen LogP contribution in [0.15, 0.2) is 60.8 Å². The van der Waals surface area contributed by atoms with E-state index in [2.05, 4.69) is 20.1 Å². The zero-order valence-electron chi connectivity index (χ0n) is 26.1. The van der Waals surface area contributed by atoms with Crippen LogP contribution in [0.4, 0.5) is 36.2 Å². The smallest absolute Gasteiger partial charge is 0.490 e. The summed E-state index contributed by atoms with van der Waals surface area (Å²) < 4.78 is 65.0. The van der Waals surface area contributed by atoms with Gasteiger partial charge in [-0.2, -0.15) is 13.2 Å². The second-order valence-electron chi connectivity index (χ2n) is 10.8. The van der Waals surface area contributed by atoms with E-state index < -0.39 is 22.2 Å². The van der Waals surface area contributed by atoms with Crippen molar-refractivity contribution < 1.29 is 41.3 Å². The number of para-hydroxylation sites is 1. The highest BCUT2D eigenvalue weighted by atomic mass is 32.2. The number of aromatic nitrogens is 3. The first-order chi connectivity index (χ1) is 22.1. The number of hydrogen-bond donors (Lipinski definition) is 3. The van der Waals surface area contributed by atoms with Gasteiger partial charge in [0.15, 0.2) is 0 Å². The Balaban J connectivity index is 0.000000644. The molecule has 0 amide bonds. The number of nitrogens with zero attached hydrogens (tertiary/aromatic N) is 6. The second kappa shape index (κ2) is 14.4. The fraction of sp³-hybridized carbons (Fsp3) is 0.367. The summed E-state index contributed by atoms with van der Waals surface area (Å²) in [6, 6.07) is 17.1. The van der Waals surface area contributed by atoms with E-state index in [-0.39, 0.29) is 6.10 Å². The Morgan fingerprint density at radius 1 is 1.11 bits per heavy atom. The number of carboxylic acid groups (broad SMARTS) is 1. The van der Waals surface area contributed by atoms with Crippen molar-refractivity contribution in [3.8, 4) is 17.0 Å². The third-order valence-corrected chi connectivity index (χ3v) is 8.54. The highest BCUT2D eigenvalue weighted by Crippen LogP contribution is 2.34. The van der Waals surface area contributed by atoms with E-state index in [1.807, 2.05) is 55.5 Å². The number of fused-ring (bicyclic) bond motifs is 1. The van der Waals surface area contributed by atoms with Crippen molar-refractivity contribution in [3.05, 3.63) is 60.8 Å². The molecule has 3 heterocycles. The van der Waals surface area contributed by atoms with Crippen molar-refractivity contribution in [2.75, 3.05) is 67.7 Å². The summed E-state index contributed by atoms with van der Waals surface area (Å²) in [5.74, 6) is -1.72. The van der Waals surface area contributed by atoms with E-state index in [4.69, 9.17) is 19.7 Å². The van der Waals surface area contributed by atoms with Gasteiger partial charge in [0, 0.05) is 57.1 Å². The minimum absolute atomic E-state index is 0.329. The first-order valence-electron chi connectivity index (χ1n) is 14.4. The van der Waals surface area contributed by atoms with Crippen molar-refractivity contribution in [2.24, 2.45) is 0 Å². The van der Waals surface area contributed by atoms with Crippen LogP contribution in [0.3, 0.4) is 0 Å². The number of methoxy groups -OCH3 is 1. The lowest BCUT2D eigenvalue weighted by Gasteiger charge is -2.36. The van der Waals surface area contributed by atoms with Gasteiger partial charge < -0.3 is 25.2 Å². The molecule has 1 atom stereocenters. The van der Waals surface area contributed by atoms with E-state index in [1.54, 1.807) is 23.9 Å². The third kappa shape index (κ3) is 8.81. The molecule has 1 saturated heterocycles. The maximum absolute atomic E-state index is 12.3. The largest absolute Gasteiger partial charge is 0.494 e. The first kappa shape index (κ1) is 35.2. The SMILES string of the molecule is COc1cc(N2CCN(C[C@@H](C)O)CC2)ccc1Nc1ncc2ccc(-c3ccccc3N(C)S(C)(=O)=O)n2n1.O=C(O)C(F)(F)F. The molecule has 0 saturated carbocycles. The summed E-state index contributed by atoms with van der Waals surface area (Å²) in [7, 11) is -0.277. The molecule has 0 radical (unpaired) electrons. The fourth-order valence-corrected chi connectivity index (χ4v) is 5.49. The lowest BCUT2D eigenvalue weighted by atomic mass is 10.1. The molecule has 1 fully saturated rings. The van der Waals surface area contributed by atoms with E-state index in [0.29, 0.717) is 23.9 Å². The Morgan fingerprint density at radius 3 is 2.36 bits per heavy atom. The molecule has 0 bridgehead atoms. The summed E-state index contributed by atoms with van der Waals surface area (Å²) in [6.45, 7) is 6.03. The molecule has 3 N–H and O–H groups in total. The maximum atomic E-state index is 12.3. The molecule has 1 aliphatic heterocycles. The quantitative estimate of drug-likeness (QED) is 0.238. The molecular formula is C30H36F3N7O6S. The van der Waals surface area contributed by atoms with Crippen molar-refractivity contribution in [2.45, 2.75) is 19.2 Å². The number of aliphatic hydroxyl groups excluding tert-OH is 1. The topological polar surface area (TPSA) is 153 Å². The molecule has 2 aromatic heterocycles. The van der Waals surface area contributed by atoms with Crippen LogP contribution in [0.1, 0.15) is 6.92 Å². The average molecular weight is 680 g/mol. The number of sulfonamides is 1. The molecule has 2 aromatic carbocycles. The number of β-amino-alcohol motifs (C(OH)–C–C–N with tert-alkyl or cyclic N) is 1. The molecule has 5 rings (SSSR count). The minimum Gasteiger partial charge on any atom is -0.494 e. The molecule has 1 aliphatic rings. The van der Waals surface area contributed by atoms with Gasteiger partial charge in [-0.1, -0.05) is 18.2 Å². The Hall–Kier alpha value is -4.61. The molecule has 13 nitrogen and oxygen atoms in total. The number of benzene rings is 2. The second-order valence-corrected chi connectivity index (χ2v) is 12.8. The predicted octanol–water partition coefficient (Wildman–Crippen LogP) is 3.68. The first-order valence-corrected chi connectivity index (χ1v) is 16.2. The number of aliphatic hydroxyl groups is 1. The van der Waals surface area contributed by atoms with Crippen molar-refractivity contribution >= 4 is 44.5 Å². The van der Waals surface area contributed by atoms with Crippen LogP contribution in [-0.4, -0.2) is 110 Å². The van der Waals surface area contributed by atoms with Crippen LogP contribution in [0, 0.1) is 0 Å². The lowest BCUT2D eigenvalue weighted by Crippen LogP contribution is -2.48. The highest BCUT2D eigenvalue weighted by molar-refractivity contribution is 7.92. The van der Waals surface area contributed by atoms with Crippen molar-refractivity contribution in [1.29, 1.82) is 0 Å². The highest BCUT2D eigenvalue weighted by Gasteiger charge is 2.38. The zero-order chi connectivity index (χ0) is 34.5. The molecule has 17 heteroatoms. The average Bonchev–Trinajstić information content (AvgIpc) is 3.43. The molecule has 0 spiro atoms. The molecule has 47 heavy (non-hydrogen) atoms. The lowest BCUT2D eigenvalue weighted by molar-refractivity contribution is -0.192. The van der Waals surface area contributed by atoms with Gasteiger partial charge in [-0.15, -0.1) is 5.10 Å².